The van der Waals surface area contributed by atoms with Gasteiger partial charge in [-0.1, -0.05) is 18.2 Å². The van der Waals surface area contributed by atoms with Crippen molar-refractivity contribution in [3.8, 4) is 0 Å². The molecule has 4 N–H and O–H groups in total. The first-order valence-electron chi connectivity index (χ1n) is 6.84. The molecule has 5 nitrogen and oxygen atoms in total. The number of benzene rings is 2. The number of hydrogen-bond acceptors (Lipinski definition) is 4. The molecule has 22 heavy (non-hydrogen) atoms. The van der Waals surface area contributed by atoms with E-state index >= 15 is 0 Å². The average molecular weight is 303 g/mol. The van der Waals surface area contributed by atoms with Crippen LogP contribution in [0.2, 0.25) is 0 Å². The van der Waals surface area contributed by atoms with E-state index < -0.39 is 12.3 Å². The molecule has 1 unspecified atom stereocenters. The molecule has 2 aromatic rings. The molecule has 1 atom stereocenters. The number of carbonyl (C=O) groups excluding carboxylic acids is 1. The first-order valence-corrected chi connectivity index (χ1v) is 6.84. The summed E-state index contributed by atoms with van der Waals surface area (Å²) in [4.78, 5) is 11.7. The molecule has 0 aliphatic heterocycles. The number of anilines is 2. The van der Waals surface area contributed by atoms with Crippen molar-refractivity contribution in [2.24, 2.45) is 0 Å². The first-order chi connectivity index (χ1) is 10.5. The van der Waals surface area contributed by atoms with Gasteiger partial charge in [0.2, 0.25) is 0 Å². The van der Waals surface area contributed by atoms with E-state index in [9.17, 15) is 9.18 Å². The monoisotopic (exact) mass is 303 g/mol. The lowest BCUT2D eigenvalue weighted by molar-refractivity contribution is 0.0997. The first kappa shape index (κ1) is 15.8. The van der Waals surface area contributed by atoms with Crippen molar-refractivity contribution in [3.63, 3.8) is 0 Å². The van der Waals surface area contributed by atoms with E-state index in [0.29, 0.717) is 17.9 Å². The number of nitrogens with one attached hydrogen (secondary N) is 2. The lowest BCUT2D eigenvalue weighted by atomic mass is 10.2. The van der Waals surface area contributed by atoms with Gasteiger partial charge in [-0.05, 0) is 42.8 Å². The zero-order chi connectivity index (χ0) is 15.9. The molecule has 0 aliphatic carbocycles. The standard InChI is InChI=1S/C16H18FN3O2/c1-11(19-10-12-5-7-13(17)8-6-12)22-16(21)20-15-4-2-3-14(18)9-15/h2-9,11,19H,10,18H2,1H3,(H,20,21). The molecule has 0 heterocycles. The van der Waals surface area contributed by atoms with E-state index in [-0.39, 0.29) is 5.82 Å². The minimum absolute atomic E-state index is 0.283. The van der Waals surface area contributed by atoms with Crippen molar-refractivity contribution in [1.29, 1.82) is 0 Å². The highest BCUT2D eigenvalue weighted by Gasteiger charge is 2.09. The van der Waals surface area contributed by atoms with Crippen LogP contribution in [0.1, 0.15) is 12.5 Å². The average Bonchev–Trinajstić information content (AvgIpc) is 2.46. The Hall–Kier alpha value is -2.60. The van der Waals surface area contributed by atoms with Gasteiger partial charge < -0.3 is 10.5 Å². The van der Waals surface area contributed by atoms with Gasteiger partial charge in [0, 0.05) is 17.9 Å². The second kappa shape index (κ2) is 7.42. The van der Waals surface area contributed by atoms with Crippen LogP contribution in [0, 0.1) is 5.82 Å². The van der Waals surface area contributed by atoms with Crippen molar-refractivity contribution >= 4 is 17.5 Å². The minimum atomic E-state index is -0.579. The van der Waals surface area contributed by atoms with Crippen molar-refractivity contribution in [3.05, 3.63) is 59.9 Å². The third-order valence-corrected chi connectivity index (χ3v) is 2.92. The zero-order valence-corrected chi connectivity index (χ0v) is 12.2. The van der Waals surface area contributed by atoms with E-state index in [1.54, 1.807) is 43.3 Å². The molecule has 116 valence electrons. The molecule has 0 radical (unpaired) electrons. The van der Waals surface area contributed by atoms with E-state index in [1.807, 2.05) is 0 Å². The summed E-state index contributed by atoms with van der Waals surface area (Å²) in [5.74, 6) is -0.283. The van der Waals surface area contributed by atoms with Gasteiger partial charge in [0.15, 0.2) is 6.23 Å². The number of nitrogen functional groups attached to an aromatic ring is 1. The summed E-state index contributed by atoms with van der Waals surface area (Å²) in [5, 5.41) is 5.60. The maximum absolute atomic E-state index is 12.8. The molecule has 0 saturated carbocycles. The summed E-state index contributed by atoms with van der Waals surface area (Å²) in [5.41, 5.74) is 7.64. The van der Waals surface area contributed by atoms with Crippen LogP contribution in [0.4, 0.5) is 20.6 Å². The molecular formula is C16H18FN3O2. The van der Waals surface area contributed by atoms with Crippen LogP contribution in [-0.2, 0) is 11.3 Å². The second-order valence-electron chi connectivity index (χ2n) is 4.81. The van der Waals surface area contributed by atoms with Crippen molar-refractivity contribution in [1.82, 2.24) is 5.32 Å². The SMILES string of the molecule is CC(NCc1ccc(F)cc1)OC(=O)Nc1cccc(N)c1. The van der Waals surface area contributed by atoms with E-state index in [1.165, 1.54) is 12.1 Å². The summed E-state index contributed by atoms with van der Waals surface area (Å²) in [6.45, 7) is 2.18. The maximum Gasteiger partial charge on any atom is 0.413 e. The Morgan fingerprint density at radius 2 is 2.00 bits per heavy atom. The van der Waals surface area contributed by atoms with Crippen LogP contribution >= 0.6 is 0 Å². The number of ether oxygens (including phenoxy) is 1. The van der Waals surface area contributed by atoms with Gasteiger partial charge in [0.05, 0.1) is 0 Å². The quantitative estimate of drug-likeness (QED) is 0.586. The number of nitrogens with two attached hydrogens (primary N) is 1. The predicted molar refractivity (Wildman–Crippen MR) is 83.7 cm³/mol. The van der Waals surface area contributed by atoms with Crippen LogP contribution in [-0.4, -0.2) is 12.3 Å². The van der Waals surface area contributed by atoms with Gasteiger partial charge in [-0.3, -0.25) is 10.6 Å². The highest BCUT2D eigenvalue weighted by Crippen LogP contribution is 2.12. The summed E-state index contributed by atoms with van der Waals surface area (Å²) in [6.07, 6.45) is -1.07. The molecule has 0 saturated heterocycles. The summed E-state index contributed by atoms with van der Waals surface area (Å²) in [6, 6.07) is 12.9. The van der Waals surface area contributed by atoms with Crippen LogP contribution in [0.3, 0.4) is 0 Å². The van der Waals surface area contributed by atoms with Crippen molar-refractivity contribution in [2.45, 2.75) is 19.7 Å². The lowest BCUT2D eigenvalue weighted by Gasteiger charge is -2.15. The van der Waals surface area contributed by atoms with E-state index in [0.717, 1.165) is 5.56 Å². The molecule has 1 amide bonds. The van der Waals surface area contributed by atoms with Crippen LogP contribution < -0.4 is 16.4 Å². The van der Waals surface area contributed by atoms with Crippen LogP contribution in [0.25, 0.3) is 0 Å². The molecule has 0 spiro atoms. The Kier molecular flexibility index (Phi) is 5.32. The summed E-state index contributed by atoms with van der Waals surface area (Å²) in [7, 11) is 0. The van der Waals surface area contributed by atoms with Crippen molar-refractivity contribution < 1.29 is 13.9 Å². The zero-order valence-electron chi connectivity index (χ0n) is 12.2. The molecule has 0 aromatic heterocycles. The molecule has 0 bridgehead atoms. The van der Waals surface area contributed by atoms with E-state index in [2.05, 4.69) is 10.6 Å². The smallest absolute Gasteiger partial charge is 0.413 e. The van der Waals surface area contributed by atoms with Gasteiger partial charge in [-0.15, -0.1) is 0 Å². The maximum atomic E-state index is 12.8. The minimum Gasteiger partial charge on any atom is -0.430 e. The van der Waals surface area contributed by atoms with Gasteiger partial charge >= 0.3 is 6.09 Å². The topological polar surface area (TPSA) is 76.4 Å². The molecule has 6 heteroatoms. The lowest BCUT2D eigenvalue weighted by Crippen LogP contribution is -2.32. The predicted octanol–water partition coefficient (Wildman–Crippen LogP) is 3.09. The highest BCUT2D eigenvalue weighted by atomic mass is 19.1. The Balaban J connectivity index is 1.77. The van der Waals surface area contributed by atoms with Gasteiger partial charge in [0.1, 0.15) is 5.82 Å². The van der Waals surface area contributed by atoms with Crippen molar-refractivity contribution in [2.75, 3.05) is 11.1 Å². The molecule has 2 aromatic carbocycles. The third-order valence-electron chi connectivity index (χ3n) is 2.92. The third kappa shape index (κ3) is 5.06. The number of amides is 1. The van der Waals surface area contributed by atoms with E-state index in [4.69, 9.17) is 10.5 Å². The fourth-order valence-electron chi connectivity index (χ4n) is 1.83. The molecular weight excluding hydrogens is 285 g/mol. The van der Waals surface area contributed by atoms with Crippen LogP contribution in [0.15, 0.2) is 48.5 Å². The Morgan fingerprint density at radius 3 is 2.68 bits per heavy atom. The number of halogens is 1. The Labute approximate surface area is 128 Å². The fraction of sp³-hybridized carbons (Fsp3) is 0.188. The number of rotatable bonds is 5. The molecule has 0 fully saturated rings. The number of carbonyl (C=O) groups is 1. The number of hydrogen-bond donors (Lipinski definition) is 3. The summed E-state index contributed by atoms with van der Waals surface area (Å²) < 4.78 is 17.9. The van der Waals surface area contributed by atoms with Crippen LogP contribution in [0.5, 0.6) is 0 Å². The van der Waals surface area contributed by atoms with Gasteiger partial charge in [-0.2, -0.15) is 0 Å². The van der Waals surface area contributed by atoms with Gasteiger partial charge in [-0.25, -0.2) is 9.18 Å². The largest absolute Gasteiger partial charge is 0.430 e. The fourth-order valence-corrected chi connectivity index (χ4v) is 1.83. The summed E-state index contributed by atoms with van der Waals surface area (Å²) >= 11 is 0. The van der Waals surface area contributed by atoms with Gasteiger partial charge in [0.25, 0.3) is 0 Å². The Bertz CT molecular complexity index is 632. The second-order valence-corrected chi connectivity index (χ2v) is 4.81. The Morgan fingerprint density at radius 1 is 1.27 bits per heavy atom. The molecule has 2 rings (SSSR count). The highest BCUT2D eigenvalue weighted by molar-refractivity contribution is 5.85. The molecule has 0 aliphatic rings. The normalized spacial score (nSPS) is 11.7.